The molecule has 25 heavy (non-hydrogen) atoms. The number of halogens is 1. The van der Waals surface area contributed by atoms with Gasteiger partial charge in [-0.3, -0.25) is 4.79 Å². The Hall–Kier alpha value is -2.17. The van der Waals surface area contributed by atoms with Gasteiger partial charge in [0.2, 0.25) is 0 Å². The molecule has 0 atom stereocenters. The molecule has 0 radical (unpaired) electrons. The third-order valence-corrected chi connectivity index (χ3v) is 5.06. The number of aryl methyl sites for hydroxylation is 1. The van der Waals surface area contributed by atoms with Crippen LogP contribution < -0.4 is 0 Å². The predicted octanol–water partition coefficient (Wildman–Crippen LogP) is 3.84. The van der Waals surface area contributed by atoms with E-state index >= 15 is 0 Å². The first-order chi connectivity index (χ1) is 12.1. The van der Waals surface area contributed by atoms with E-state index in [1.807, 2.05) is 6.20 Å². The van der Waals surface area contributed by atoms with Gasteiger partial charge >= 0.3 is 0 Å². The molecule has 1 fully saturated rings. The topological polar surface area (TPSA) is 38.1 Å². The Labute approximate surface area is 148 Å². The molecule has 3 rings (SSSR count). The second-order valence-corrected chi connectivity index (χ2v) is 6.89. The number of imidazole rings is 1. The molecule has 2 aromatic rings. The number of rotatable bonds is 5. The summed E-state index contributed by atoms with van der Waals surface area (Å²) in [4.78, 5) is 18.8. The van der Waals surface area contributed by atoms with E-state index in [1.165, 1.54) is 11.8 Å². The van der Waals surface area contributed by atoms with Crippen molar-refractivity contribution < 1.29 is 9.18 Å². The van der Waals surface area contributed by atoms with Gasteiger partial charge in [-0.25, -0.2) is 9.37 Å². The summed E-state index contributed by atoms with van der Waals surface area (Å²) in [7, 11) is 0. The first-order valence-electron chi connectivity index (χ1n) is 9.15. The van der Waals surface area contributed by atoms with Crippen LogP contribution in [0.1, 0.15) is 48.1 Å². The molecule has 1 aliphatic rings. The van der Waals surface area contributed by atoms with Gasteiger partial charge in [0.15, 0.2) is 0 Å². The Kier molecular flexibility index (Phi) is 5.51. The quantitative estimate of drug-likeness (QED) is 0.827. The highest BCUT2D eigenvalue weighted by atomic mass is 19.1. The maximum absolute atomic E-state index is 13.8. The van der Waals surface area contributed by atoms with Crippen LogP contribution in [0.2, 0.25) is 0 Å². The molecule has 1 aromatic carbocycles. The van der Waals surface area contributed by atoms with Gasteiger partial charge in [-0.2, -0.15) is 0 Å². The van der Waals surface area contributed by atoms with Crippen LogP contribution in [0, 0.1) is 18.7 Å². The lowest BCUT2D eigenvalue weighted by Crippen LogP contribution is -2.39. The SMILES string of the molecule is CCCn1c(C)cnc1CC1CCN(C(=O)c2ccccc2F)CC1. The van der Waals surface area contributed by atoms with Crippen LogP contribution >= 0.6 is 0 Å². The molecular weight excluding hydrogens is 317 g/mol. The van der Waals surface area contributed by atoms with Gasteiger partial charge in [-0.05, 0) is 44.2 Å². The number of hydrogen-bond acceptors (Lipinski definition) is 2. The van der Waals surface area contributed by atoms with Gasteiger partial charge in [0.1, 0.15) is 11.6 Å². The van der Waals surface area contributed by atoms with E-state index in [9.17, 15) is 9.18 Å². The molecule has 4 nitrogen and oxygen atoms in total. The highest BCUT2D eigenvalue weighted by Gasteiger charge is 2.26. The van der Waals surface area contributed by atoms with Crippen LogP contribution in [0.15, 0.2) is 30.5 Å². The molecule has 1 amide bonds. The Balaban J connectivity index is 1.59. The van der Waals surface area contributed by atoms with Crippen LogP contribution in [0.3, 0.4) is 0 Å². The lowest BCUT2D eigenvalue weighted by molar-refractivity contribution is 0.0685. The Bertz CT molecular complexity index is 732. The second kappa shape index (κ2) is 7.81. The van der Waals surface area contributed by atoms with E-state index in [0.29, 0.717) is 19.0 Å². The zero-order valence-electron chi connectivity index (χ0n) is 15.0. The van der Waals surface area contributed by atoms with Crippen molar-refractivity contribution >= 4 is 5.91 Å². The fourth-order valence-electron chi connectivity index (χ4n) is 3.61. The fourth-order valence-corrected chi connectivity index (χ4v) is 3.61. The monoisotopic (exact) mass is 343 g/mol. The first kappa shape index (κ1) is 17.6. The summed E-state index contributed by atoms with van der Waals surface area (Å²) in [6, 6.07) is 6.22. The number of benzene rings is 1. The highest BCUT2D eigenvalue weighted by molar-refractivity contribution is 5.94. The molecule has 1 aliphatic heterocycles. The summed E-state index contributed by atoms with van der Waals surface area (Å²) in [6.07, 6.45) is 5.88. The Morgan fingerprint density at radius 1 is 1.28 bits per heavy atom. The number of carbonyl (C=O) groups is 1. The maximum atomic E-state index is 13.8. The minimum atomic E-state index is -0.438. The van der Waals surface area contributed by atoms with E-state index in [1.54, 1.807) is 23.1 Å². The Morgan fingerprint density at radius 2 is 2.00 bits per heavy atom. The van der Waals surface area contributed by atoms with Gasteiger partial charge < -0.3 is 9.47 Å². The lowest BCUT2D eigenvalue weighted by atomic mass is 9.92. The molecule has 0 spiro atoms. The van der Waals surface area contributed by atoms with Crippen molar-refractivity contribution in [2.24, 2.45) is 5.92 Å². The summed E-state index contributed by atoms with van der Waals surface area (Å²) < 4.78 is 16.1. The molecule has 0 N–H and O–H groups in total. The van der Waals surface area contributed by atoms with Crippen molar-refractivity contribution in [3.05, 3.63) is 53.4 Å². The van der Waals surface area contributed by atoms with Crippen LogP contribution in [-0.2, 0) is 13.0 Å². The van der Waals surface area contributed by atoms with E-state index in [-0.39, 0.29) is 11.5 Å². The third-order valence-electron chi connectivity index (χ3n) is 5.06. The van der Waals surface area contributed by atoms with Gasteiger partial charge in [-0.1, -0.05) is 19.1 Å². The van der Waals surface area contributed by atoms with Crippen molar-refractivity contribution in [3.8, 4) is 0 Å². The maximum Gasteiger partial charge on any atom is 0.256 e. The summed E-state index contributed by atoms with van der Waals surface area (Å²) in [6.45, 7) is 6.65. The number of nitrogens with zero attached hydrogens (tertiary/aromatic N) is 3. The lowest BCUT2D eigenvalue weighted by Gasteiger charge is -2.32. The van der Waals surface area contributed by atoms with Gasteiger partial charge in [0.05, 0.1) is 5.56 Å². The van der Waals surface area contributed by atoms with E-state index in [4.69, 9.17) is 0 Å². The molecule has 1 saturated heterocycles. The highest BCUT2D eigenvalue weighted by Crippen LogP contribution is 2.23. The van der Waals surface area contributed by atoms with E-state index in [0.717, 1.165) is 38.1 Å². The number of amides is 1. The zero-order chi connectivity index (χ0) is 17.8. The Morgan fingerprint density at radius 3 is 2.68 bits per heavy atom. The summed E-state index contributed by atoms with van der Waals surface area (Å²) in [5.74, 6) is 1.05. The van der Waals surface area contributed by atoms with Crippen molar-refractivity contribution in [1.82, 2.24) is 14.5 Å². The number of aromatic nitrogens is 2. The van der Waals surface area contributed by atoms with Crippen molar-refractivity contribution in [1.29, 1.82) is 0 Å². The summed E-state index contributed by atoms with van der Waals surface area (Å²) >= 11 is 0. The summed E-state index contributed by atoms with van der Waals surface area (Å²) in [5.41, 5.74) is 1.39. The van der Waals surface area contributed by atoms with Crippen molar-refractivity contribution in [3.63, 3.8) is 0 Å². The third kappa shape index (κ3) is 3.91. The van der Waals surface area contributed by atoms with Crippen LogP contribution in [-0.4, -0.2) is 33.4 Å². The van der Waals surface area contributed by atoms with Gasteiger partial charge in [0, 0.05) is 37.9 Å². The summed E-state index contributed by atoms with van der Waals surface area (Å²) in [5, 5.41) is 0. The molecule has 2 heterocycles. The van der Waals surface area contributed by atoms with Gasteiger partial charge in [-0.15, -0.1) is 0 Å². The number of carbonyl (C=O) groups excluding carboxylic acids is 1. The average molecular weight is 343 g/mol. The molecule has 0 bridgehead atoms. The predicted molar refractivity (Wildman–Crippen MR) is 96.0 cm³/mol. The fraction of sp³-hybridized carbons (Fsp3) is 0.500. The molecule has 1 aromatic heterocycles. The van der Waals surface area contributed by atoms with Crippen LogP contribution in [0.4, 0.5) is 4.39 Å². The normalized spacial score (nSPS) is 15.6. The standard InChI is InChI=1S/C20H26FN3O/c1-3-10-24-15(2)14-22-19(24)13-16-8-11-23(12-9-16)20(25)17-6-4-5-7-18(17)21/h4-7,14,16H,3,8-13H2,1-2H3. The van der Waals surface area contributed by atoms with Gasteiger partial charge in [0.25, 0.3) is 5.91 Å². The smallest absolute Gasteiger partial charge is 0.256 e. The minimum absolute atomic E-state index is 0.176. The molecule has 0 aliphatic carbocycles. The average Bonchev–Trinajstić information content (AvgIpc) is 2.96. The number of likely N-dealkylation sites (tertiary alicyclic amines) is 1. The van der Waals surface area contributed by atoms with Crippen molar-refractivity contribution in [2.75, 3.05) is 13.1 Å². The van der Waals surface area contributed by atoms with Crippen LogP contribution in [0.5, 0.6) is 0 Å². The van der Waals surface area contributed by atoms with Crippen LogP contribution in [0.25, 0.3) is 0 Å². The molecular formula is C20H26FN3O. The zero-order valence-corrected chi connectivity index (χ0v) is 15.0. The minimum Gasteiger partial charge on any atom is -0.339 e. The van der Waals surface area contributed by atoms with Crippen molar-refractivity contribution in [2.45, 2.75) is 46.1 Å². The second-order valence-electron chi connectivity index (χ2n) is 6.89. The molecule has 134 valence electrons. The molecule has 5 heteroatoms. The number of hydrogen-bond donors (Lipinski definition) is 0. The van der Waals surface area contributed by atoms with E-state index < -0.39 is 5.82 Å². The largest absolute Gasteiger partial charge is 0.339 e. The number of piperidine rings is 1. The molecule has 0 saturated carbocycles. The van der Waals surface area contributed by atoms with E-state index in [2.05, 4.69) is 23.4 Å². The molecule has 0 unspecified atom stereocenters. The first-order valence-corrected chi connectivity index (χ1v) is 9.15.